The summed E-state index contributed by atoms with van der Waals surface area (Å²) in [5, 5.41) is 3.92. The number of aromatic amines is 1. The second-order valence-corrected chi connectivity index (χ2v) is 5.10. The Hall–Kier alpha value is -1.76. The summed E-state index contributed by atoms with van der Waals surface area (Å²) in [5.74, 6) is -0.0878. The van der Waals surface area contributed by atoms with Gasteiger partial charge in [-0.1, -0.05) is 23.2 Å². The van der Waals surface area contributed by atoms with Gasteiger partial charge in [-0.05, 0) is 30.7 Å². The molecule has 21 heavy (non-hydrogen) atoms. The highest BCUT2D eigenvalue weighted by Gasteiger charge is 2.26. The van der Waals surface area contributed by atoms with Crippen molar-refractivity contribution in [1.82, 2.24) is 5.43 Å². The van der Waals surface area contributed by atoms with Crippen LogP contribution in [0.5, 0.6) is 0 Å². The number of hydrogen-bond acceptors (Lipinski definition) is 4. The van der Waals surface area contributed by atoms with E-state index in [1.54, 1.807) is 19.1 Å². The minimum Gasteiger partial charge on any atom is -0.463 e. The second kappa shape index (κ2) is 6.34. The first-order chi connectivity index (χ1) is 9.91. The van der Waals surface area contributed by atoms with Gasteiger partial charge in [0.1, 0.15) is 21.5 Å². The third-order valence-corrected chi connectivity index (χ3v) is 3.72. The number of rotatable bonds is 3. The number of anilines is 1. The smallest absolute Gasteiger partial charge is 0.337 e. The zero-order chi connectivity index (χ0) is 15.6. The molecule has 4 N–H and O–H groups in total. The van der Waals surface area contributed by atoms with Crippen LogP contribution in [0.3, 0.4) is 0 Å². The summed E-state index contributed by atoms with van der Waals surface area (Å²) in [7, 11) is 0. The highest BCUT2D eigenvalue weighted by molar-refractivity contribution is 6.45. The minimum absolute atomic E-state index is 0.00968. The van der Waals surface area contributed by atoms with Gasteiger partial charge in [-0.15, -0.1) is 0 Å². The summed E-state index contributed by atoms with van der Waals surface area (Å²) < 4.78 is 5.14. The number of pyridine rings is 1. The van der Waals surface area contributed by atoms with Crippen molar-refractivity contribution in [3.63, 3.8) is 0 Å². The van der Waals surface area contributed by atoms with Gasteiger partial charge in [0.2, 0.25) is 0 Å². The molecule has 0 bridgehead atoms. The van der Waals surface area contributed by atoms with E-state index in [9.17, 15) is 4.79 Å². The topological polar surface area (TPSA) is 94.8 Å². The predicted molar refractivity (Wildman–Crippen MR) is 80.8 cm³/mol. The molecule has 0 aliphatic heterocycles. The number of aromatic nitrogens is 1. The first-order valence-corrected chi connectivity index (χ1v) is 6.79. The number of furan rings is 1. The summed E-state index contributed by atoms with van der Waals surface area (Å²) >= 11 is 17.6. The Kier molecular flexibility index (Phi) is 4.72. The molecule has 0 atom stereocenters. The Morgan fingerprint density at radius 2 is 2.10 bits per heavy atom. The molecule has 2 aromatic rings. The summed E-state index contributed by atoms with van der Waals surface area (Å²) in [6, 6.07) is 3.42. The van der Waals surface area contributed by atoms with Gasteiger partial charge >= 0.3 is 5.91 Å². The molecule has 0 aliphatic carbocycles. The molecule has 6 nitrogen and oxygen atoms in total. The molecule has 0 unspecified atom stereocenters. The van der Waals surface area contributed by atoms with Crippen LogP contribution in [0.15, 0.2) is 27.9 Å². The molecule has 0 aliphatic rings. The normalized spacial score (nSPS) is 11.5. The lowest BCUT2D eigenvalue weighted by Crippen LogP contribution is -2.28. The van der Waals surface area contributed by atoms with Crippen LogP contribution >= 0.6 is 34.8 Å². The van der Waals surface area contributed by atoms with Gasteiger partial charge in [0.25, 0.3) is 10.8 Å². The molecule has 0 saturated carbocycles. The number of hydrogen-bond donors (Lipinski definition) is 2. The minimum atomic E-state index is -0.615. The Morgan fingerprint density at radius 1 is 1.38 bits per heavy atom. The van der Waals surface area contributed by atoms with Crippen molar-refractivity contribution in [2.75, 3.05) is 5.73 Å². The van der Waals surface area contributed by atoms with Crippen LogP contribution in [-0.4, -0.2) is 11.6 Å². The molecule has 2 aromatic heterocycles. The van der Waals surface area contributed by atoms with Crippen molar-refractivity contribution in [3.8, 4) is 0 Å². The fourth-order valence-corrected chi connectivity index (χ4v) is 2.07. The van der Waals surface area contributed by atoms with Crippen molar-refractivity contribution in [2.24, 2.45) is 5.10 Å². The fraction of sp³-hybridized carbons (Fsp3) is 0.0833. The Balaban J connectivity index is 2.24. The quantitative estimate of drug-likeness (QED) is 0.507. The maximum Gasteiger partial charge on any atom is 0.337 e. The average molecular weight is 349 g/mol. The van der Waals surface area contributed by atoms with Crippen molar-refractivity contribution < 1.29 is 14.2 Å². The zero-order valence-electron chi connectivity index (χ0n) is 10.7. The summed E-state index contributed by atoms with van der Waals surface area (Å²) in [4.78, 5) is 14.6. The van der Waals surface area contributed by atoms with Crippen molar-refractivity contribution in [1.29, 1.82) is 0 Å². The number of carbonyl (C=O) groups is 1. The largest absolute Gasteiger partial charge is 0.463 e. The van der Waals surface area contributed by atoms with E-state index in [1.807, 2.05) is 0 Å². The molecule has 9 heteroatoms. The SMILES string of the molecule is C/C(=N/NC(=O)c1[nH+]c(Cl)c(Cl)c(N)c1Cl)c1ccco1. The second-order valence-electron chi connectivity index (χ2n) is 3.97. The van der Waals surface area contributed by atoms with E-state index in [1.165, 1.54) is 6.26 Å². The number of nitrogen functional groups attached to an aromatic ring is 1. The van der Waals surface area contributed by atoms with Gasteiger partial charge in [0.05, 0.1) is 12.0 Å². The molecular weight excluding hydrogens is 339 g/mol. The van der Waals surface area contributed by atoms with E-state index < -0.39 is 5.91 Å². The van der Waals surface area contributed by atoms with E-state index in [2.05, 4.69) is 15.5 Å². The standard InChI is InChI=1S/C12H9Cl3N4O2/c1-5(6-3-2-4-21-6)18-19-12(20)10-7(13)9(16)8(14)11(15)17-10/h2-4H,1H3,(H2,16,17)(H,19,20)/p+1/b18-5-. The van der Waals surface area contributed by atoms with Gasteiger partial charge < -0.3 is 10.2 Å². The molecule has 0 spiro atoms. The number of nitrogens with zero attached hydrogens (tertiary/aromatic N) is 1. The maximum absolute atomic E-state index is 12.0. The third-order valence-electron chi connectivity index (χ3n) is 2.55. The molecule has 0 saturated heterocycles. The number of nitrogens with two attached hydrogens (primary N) is 1. The number of halogens is 3. The van der Waals surface area contributed by atoms with Crippen LogP contribution in [0, 0.1) is 0 Å². The van der Waals surface area contributed by atoms with Crippen LogP contribution in [0.4, 0.5) is 5.69 Å². The fourth-order valence-electron chi connectivity index (χ4n) is 1.46. The van der Waals surface area contributed by atoms with Crippen LogP contribution in [0.1, 0.15) is 23.2 Å². The van der Waals surface area contributed by atoms with E-state index in [0.717, 1.165) is 0 Å². The van der Waals surface area contributed by atoms with Crippen molar-refractivity contribution in [3.05, 3.63) is 45.0 Å². The number of nitrogens with one attached hydrogen (secondary N) is 2. The first kappa shape index (κ1) is 15.6. The van der Waals surface area contributed by atoms with Crippen LogP contribution in [0.2, 0.25) is 15.2 Å². The Morgan fingerprint density at radius 3 is 2.71 bits per heavy atom. The van der Waals surface area contributed by atoms with Gasteiger partial charge in [-0.2, -0.15) is 10.1 Å². The van der Waals surface area contributed by atoms with Gasteiger partial charge in [0.15, 0.2) is 0 Å². The highest BCUT2D eigenvalue weighted by atomic mass is 35.5. The Bertz CT molecular complexity index is 714. The number of carbonyl (C=O) groups excluding carboxylic acids is 1. The highest BCUT2D eigenvalue weighted by Crippen LogP contribution is 2.31. The van der Waals surface area contributed by atoms with Crippen LogP contribution < -0.4 is 16.1 Å². The molecule has 0 fully saturated rings. The monoisotopic (exact) mass is 347 g/mol. The summed E-state index contributed by atoms with van der Waals surface area (Å²) in [5.41, 5.74) is 8.43. The summed E-state index contributed by atoms with van der Waals surface area (Å²) in [6.45, 7) is 1.67. The lowest BCUT2D eigenvalue weighted by atomic mass is 10.3. The molecule has 1 amide bonds. The molecule has 2 heterocycles. The molecule has 110 valence electrons. The maximum atomic E-state index is 12.0. The van der Waals surface area contributed by atoms with Crippen LogP contribution in [-0.2, 0) is 0 Å². The lowest BCUT2D eigenvalue weighted by Gasteiger charge is -2.03. The molecule has 2 rings (SSSR count). The van der Waals surface area contributed by atoms with Crippen molar-refractivity contribution in [2.45, 2.75) is 6.92 Å². The van der Waals surface area contributed by atoms with Gasteiger partial charge in [0, 0.05) is 0 Å². The molecule has 0 aromatic carbocycles. The molecule has 0 radical (unpaired) electrons. The van der Waals surface area contributed by atoms with E-state index in [-0.39, 0.29) is 26.6 Å². The van der Waals surface area contributed by atoms with Crippen molar-refractivity contribution >= 4 is 52.1 Å². The van der Waals surface area contributed by atoms with Gasteiger partial charge in [-0.3, -0.25) is 4.79 Å². The number of amides is 1. The summed E-state index contributed by atoms with van der Waals surface area (Å²) in [6.07, 6.45) is 1.50. The zero-order valence-corrected chi connectivity index (χ0v) is 13.0. The Labute approximate surface area is 134 Å². The van der Waals surface area contributed by atoms with Crippen LogP contribution in [0.25, 0.3) is 0 Å². The lowest BCUT2D eigenvalue weighted by molar-refractivity contribution is -0.379. The van der Waals surface area contributed by atoms with E-state index >= 15 is 0 Å². The predicted octanol–water partition coefficient (Wildman–Crippen LogP) is 2.79. The van der Waals surface area contributed by atoms with Gasteiger partial charge in [-0.25, -0.2) is 5.43 Å². The first-order valence-electron chi connectivity index (χ1n) is 5.65. The molecular formula is C12H10Cl3N4O2+. The third kappa shape index (κ3) is 3.29. The number of H-pyrrole nitrogens is 1. The number of hydrazone groups is 1. The van der Waals surface area contributed by atoms with E-state index in [4.69, 9.17) is 45.0 Å². The average Bonchev–Trinajstić information content (AvgIpc) is 3.00. The van der Waals surface area contributed by atoms with E-state index in [0.29, 0.717) is 11.5 Å².